The highest BCUT2D eigenvalue weighted by atomic mass is 16.3. The molecule has 132 valence electrons. The van der Waals surface area contributed by atoms with Gasteiger partial charge in [-0.3, -0.25) is 0 Å². The van der Waals surface area contributed by atoms with Gasteiger partial charge in [0.15, 0.2) is 0 Å². The van der Waals surface area contributed by atoms with Gasteiger partial charge in [-0.2, -0.15) is 0 Å². The van der Waals surface area contributed by atoms with Crippen molar-refractivity contribution in [2.24, 2.45) is 0 Å². The molecule has 2 heteroatoms. The van der Waals surface area contributed by atoms with Gasteiger partial charge in [0.1, 0.15) is 11.2 Å². The highest BCUT2D eigenvalue weighted by Gasteiger charge is 2.12. The topological polar surface area (TPSA) is 39.2 Å². The van der Waals surface area contributed by atoms with Gasteiger partial charge in [0.05, 0.1) is 0 Å². The lowest BCUT2D eigenvalue weighted by Gasteiger charge is -2.08. The molecule has 0 spiro atoms. The Morgan fingerprint density at radius 3 is 2.21 bits per heavy atom. The third-order valence-corrected chi connectivity index (χ3v) is 5.58. The van der Waals surface area contributed by atoms with E-state index >= 15 is 0 Å². The van der Waals surface area contributed by atoms with Gasteiger partial charge in [0.25, 0.3) is 0 Å². The number of nitrogens with two attached hydrogens (primary N) is 1. The third kappa shape index (κ3) is 2.15. The number of nitrogen functional groups attached to an aromatic ring is 1. The third-order valence-electron chi connectivity index (χ3n) is 5.58. The molecule has 0 atom stereocenters. The van der Waals surface area contributed by atoms with Gasteiger partial charge in [-0.1, -0.05) is 66.7 Å². The van der Waals surface area contributed by atoms with Gasteiger partial charge in [-0.25, -0.2) is 0 Å². The molecule has 5 aromatic carbocycles. The molecular weight excluding hydrogens is 342 g/mol. The largest absolute Gasteiger partial charge is 0.455 e. The van der Waals surface area contributed by atoms with Crippen LogP contribution in [0.5, 0.6) is 0 Å². The average molecular weight is 359 g/mol. The molecule has 0 aliphatic carbocycles. The van der Waals surface area contributed by atoms with Crippen LogP contribution in [0.4, 0.5) is 5.69 Å². The minimum absolute atomic E-state index is 0.792. The summed E-state index contributed by atoms with van der Waals surface area (Å²) < 4.78 is 6.22. The number of hydrogen-bond acceptors (Lipinski definition) is 2. The molecule has 1 heterocycles. The molecule has 0 fully saturated rings. The zero-order valence-electron chi connectivity index (χ0n) is 15.1. The van der Waals surface area contributed by atoms with E-state index in [0.29, 0.717) is 0 Å². The van der Waals surface area contributed by atoms with Crippen molar-refractivity contribution in [2.75, 3.05) is 5.73 Å². The van der Waals surface area contributed by atoms with E-state index in [9.17, 15) is 0 Å². The fraction of sp³-hybridized carbons (Fsp3) is 0. The minimum Gasteiger partial charge on any atom is -0.455 e. The van der Waals surface area contributed by atoms with E-state index in [1.807, 2.05) is 24.3 Å². The van der Waals surface area contributed by atoms with E-state index in [0.717, 1.165) is 38.8 Å². The lowest BCUT2D eigenvalue weighted by molar-refractivity contribution is 0.670. The van der Waals surface area contributed by atoms with Crippen LogP contribution in [0, 0.1) is 0 Å². The van der Waals surface area contributed by atoms with Crippen LogP contribution in [-0.4, -0.2) is 0 Å². The SMILES string of the molecule is Nc1ccc2c(ccc3cc(-c4cccc5c4oc4ccccc45)ccc32)c1. The smallest absolute Gasteiger partial charge is 0.143 e. The van der Waals surface area contributed by atoms with Crippen molar-refractivity contribution in [2.45, 2.75) is 0 Å². The molecule has 0 saturated heterocycles. The number of para-hydroxylation sites is 2. The summed E-state index contributed by atoms with van der Waals surface area (Å²) in [5.74, 6) is 0. The maximum absolute atomic E-state index is 6.22. The second kappa shape index (κ2) is 5.61. The number of rotatable bonds is 1. The molecular formula is C26H17NO. The van der Waals surface area contributed by atoms with Gasteiger partial charge in [0, 0.05) is 22.0 Å². The Morgan fingerprint density at radius 2 is 1.32 bits per heavy atom. The number of furan rings is 1. The Morgan fingerprint density at radius 1 is 0.571 bits per heavy atom. The van der Waals surface area contributed by atoms with Crippen molar-refractivity contribution in [1.29, 1.82) is 0 Å². The fourth-order valence-corrected chi connectivity index (χ4v) is 4.23. The normalized spacial score (nSPS) is 11.7. The van der Waals surface area contributed by atoms with E-state index < -0.39 is 0 Å². The molecule has 0 saturated carbocycles. The fourth-order valence-electron chi connectivity index (χ4n) is 4.23. The predicted octanol–water partition coefficient (Wildman–Crippen LogP) is 7.14. The molecule has 6 rings (SSSR count). The summed E-state index contributed by atoms with van der Waals surface area (Å²) in [5, 5.41) is 7.15. The zero-order valence-corrected chi connectivity index (χ0v) is 15.1. The maximum atomic E-state index is 6.22. The summed E-state index contributed by atoms with van der Waals surface area (Å²) in [6.07, 6.45) is 0. The highest BCUT2D eigenvalue weighted by molar-refractivity contribution is 6.12. The van der Waals surface area contributed by atoms with Crippen LogP contribution in [0.15, 0.2) is 95.4 Å². The molecule has 2 nitrogen and oxygen atoms in total. The van der Waals surface area contributed by atoms with Gasteiger partial charge in [-0.05, 0) is 51.4 Å². The van der Waals surface area contributed by atoms with Crippen LogP contribution in [0.2, 0.25) is 0 Å². The van der Waals surface area contributed by atoms with Crippen LogP contribution < -0.4 is 5.73 Å². The molecule has 0 aliphatic heterocycles. The Balaban J connectivity index is 1.62. The maximum Gasteiger partial charge on any atom is 0.143 e. The summed E-state index contributed by atoms with van der Waals surface area (Å²) in [7, 11) is 0. The van der Waals surface area contributed by atoms with Gasteiger partial charge in [0.2, 0.25) is 0 Å². The molecule has 0 radical (unpaired) electrons. The number of anilines is 1. The molecule has 6 aromatic rings. The summed E-state index contributed by atoms with van der Waals surface area (Å²) in [6, 6.07) is 31.6. The van der Waals surface area contributed by atoms with Gasteiger partial charge in [-0.15, -0.1) is 0 Å². The van der Waals surface area contributed by atoms with E-state index in [2.05, 4.69) is 66.7 Å². The lowest BCUT2D eigenvalue weighted by Crippen LogP contribution is -1.85. The van der Waals surface area contributed by atoms with Gasteiger partial charge < -0.3 is 10.2 Å². The second-order valence-corrected chi connectivity index (χ2v) is 7.26. The summed E-state index contributed by atoms with van der Waals surface area (Å²) in [4.78, 5) is 0. The first-order valence-electron chi connectivity index (χ1n) is 9.41. The molecule has 0 bridgehead atoms. The van der Waals surface area contributed by atoms with Crippen molar-refractivity contribution in [3.8, 4) is 11.1 Å². The van der Waals surface area contributed by atoms with Crippen LogP contribution in [0.1, 0.15) is 0 Å². The van der Waals surface area contributed by atoms with Crippen molar-refractivity contribution in [1.82, 2.24) is 0 Å². The Hall–Kier alpha value is -3.78. The molecule has 2 N–H and O–H groups in total. The van der Waals surface area contributed by atoms with Crippen molar-refractivity contribution in [3.05, 3.63) is 91.0 Å². The standard InChI is InChI=1S/C26H17NO/c27-19-11-13-21-18(15-19)9-8-16-14-17(10-12-20(16)21)22-5-3-6-24-23-4-1-2-7-25(23)28-26(22)24/h1-15H,27H2. The Bertz CT molecular complexity index is 1520. The molecule has 28 heavy (non-hydrogen) atoms. The van der Waals surface area contributed by atoms with E-state index in [1.54, 1.807) is 0 Å². The number of benzene rings is 5. The summed E-state index contributed by atoms with van der Waals surface area (Å²) in [5.41, 5.74) is 10.9. The monoisotopic (exact) mass is 359 g/mol. The Labute approximate surface area is 161 Å². The van der Waals surface area contributed by atoms with Crippen molar-refractivity contribution in [3.63, 3.8) is 0 Å². The first-order chi connectivity index (χ1) is 13.8. The van der Waals surface area contributed by atoms with Crippen LogP contribution in [0.25, 0.3) is 54.6 Å². The molecule has 0 unspecified atom stereocenters. The van der Waals surface area contributed by atoms with Crippen molar-refractivity contribution < 1.29 is 4.42 Å². The number of hydrogen-bond donors (Lipinski definition) is 1. The molecule has 0 aliphatic rings. The average Bonchev–Trinajstić information content (AvgIpc) is 3.12. The zero-order chi connectivity index (χ0) is 18.7. The van der Waals surface area contributed by atoms with E-state index in [1.165, 1.54) is 21.5 Å². The first-order valence-corrected chi connectivity index (χ1v) is 9.41. The van der Waals surface area contributed by atoms with Gasteiger partial charge >= 0.3 is 0 Å². The summed E-state index contributed by atoms with van der Waals surface area (Å²) >= 11 is 0. The van der Waals surface area contributed by atoms with Crippen LogP contribution in [0.3, 0.4) is 0 Å². The highest BCUT2D eigenvalue weighted by Crippen LogP contribution is 2.37. The molecule has 0 amide bonds. The van der Waals surface area contributed by atoms with Crippen molar-refractivity contribution >= 4 is 49.2 Å². The van der Waals surface area contributed by atoms with E-state index in [-0.39, 0.29) is 0 Å². The van der Waals surface area contributed by atoms with Crippen LogP contribution in [-0.2, 0) is 0 Å². The first kappa shape index (κ1) is 15.3. The summed E-state index contributed by atoms with van der Waals surface area (Å²) in [6.45, 7) is 0. The minimum atomic E-state index is 0.792. The quantitative estimate of drug-likeness (QED) is 0.250. The number of fused-ring (bicyclic) bond motifs is 6. The van der Waals surface area contributed by atoms with E-state index in [4.69, 9.17) is 10.2 Å². The lowest BCUT2D eigenvalue weighted by atomic mass is 9.96. The second-order valence-electron chi connectivity index (χ2n) is 7.26. The van der Waals surface area contributed by atoms with Crippen LogP contribution >= 0.6 is 0 Å². The molecule has 1 aromatic heterocycles. The Kier molecular flexibility index (Phi) is 3.06. The predicted molar refractivity (Wildman–Crippen MR) is 119 cm³/mol.